The Morgan fingerprint density at radius 2 is 0.903 bits per heavy atom. The fourth-order valence-electron chi connectivity index (χ4n) is 8.91. The molecule has 7 aromatic carbocycles. The SMILES string of the molecule is C/C=C\C(=C(/C)c1ccccc1)N(C1=CC=C(C2=C(c3ccccc3)C=C(N(c3ccc(-c4ccccc4)cc3)c3ccc(-c4ccccc4)cc3)CC2)CC1)c1ccccc1. The van der Waals surface area contributed by atoms with Crippen LogP contribution in [0.2, 0.25) is 0 Å². The quantitative estimate of drug-likeness (QED) is 0.114. The van der Waals surface area contributed by atoms with Crippen LogP contribution in [0.15, 0.2) is 259 Å². The van der Waals surface area contributed by atoms with E-state index in [0.717, 1.165) is 37.1 Å². The summed E-state index contributed by atoms with van der Waals surface area (Å²) in [5, 5.41) is 0. The average molecular weight is 801 g/mol. The van der Waals surface area contributed by atoms with Gasteiger partial charge in [0.15, 0.2) is 0 Å². The van der Waals surface area contributed by atoms with E-state index in [1.54, 1.807) is 0 Å². The molecule has 2 nitrogen and oxygen atoms in total. The van der Waals surface area contributed by atoms with Gasteiger partial charge in [-0.25, -0.2) is 0 Å². The van der Waals surface area contributed by atoms with E-state index in [0.29, 0.717) is 0 Å². The van der Waals surface area contributed by atoms with Crippen LogP contribution in [0.5, 0.6) is 0 Å². The molecular weight excluding hydrogens is 749 g/mol. The van der Waals surface area contributed by atoms with Crippen LogP contribution in [-0.2, 0) is 0 Å². The van der Waals surface area contributed by atoms with Crippen molar-refractivity contribution in [3.63, 3.8) is 0 Å². The number of allylic oxidation sites excluding steroid dienone is 11. The number of rotatable bonds is 12. The molecule has 0 bridgehead atoms. The second-order valence-electron chi connectivity index (χ2n) is 16.0. The molecule has 0 aliphatic heterocycles. The molecule has 0 fully saturated rings. The number of hydrogen-bond donors (Lipinski definition) is 0. The second-order valence-corrected chi connectivity index (χ2v) is 16.0. The van der Waals surface area contributed by atoms with Crippen LogP contribution in [0.1, 0.15) is 50.7 Å². The standard InChI is InChI=1S/C60H52N2/c1-3-19-60(45(2)46-20-9-4-10-21-46)62(53-28-17-8-18-29-53)56-40-34-52(35-41-56)58-43-42-57(44-59(58)51-26-15-7-16-27-51)61(54-36-30-49(31-37-54)47-22-11-5-12-23-47)55-38-32-50(33-39-55)48-24-13-6-14-25-48/h3-34,36-40,44H,35,41-43H2,1-2H3/b19-3-,60-45-. The van der Waals surface area contributed by atoms with Crippen LogP contribution in [0.4, 0.5) is 17.1 Å². The van der Waals surface area contributed by atoms with Crippen molar-refractivity contribution in [2.75, 3.05) is 9.80 Å². The first-order chi connectivity index (χ1) is 30.6. The van der Waals surface area contributed by atoms with Crippen molar-refractivity contribution in [3.05, 3.63) is 270 Å². The summed E-state index contributed by atoms with van der Waals surface area (Å²) in [6, 6.07) is 72.0. The van der Waals surface area contributed by atoms with Crippen molar-refractivity contribution in [3.8, 4) is 22.3 Å². The Bertz CT molecular complexity index is 2710. The molecule has 0 unspecified atom stereocenters. The summed E-state index contributed by atoms with van der Waals surface area (Å²) in [4.78, 5) is 4.93. The van der Waals surface area contributed by atoms with Gasteiger partial charge in [-0.2, -0.15) is 0 Å². The van der Waals surface area contributed by atoms with E-state index in [1.165, 1.54) is 78.5 Å². The van der Waals surface area contributed by atoms with E-state index in [1.807, 2.05) is 0 Å². The molecule has 2 heteroatoms. The number of anilines is 3. The molecule has 2 aliphatic carbocycles. The molecule has 62 heavy (non-hydrogen) atoms. The number of para-hydroxylation sites is 1. The highest BCUT2D eigenvalue weighted by molar-refractivity contribution is 5.85. The van der Waals surface area contributed by atoms with E-state index in [2.05, 4.69) is 254 Å². The summed E-state index contributed by atoms with van der Waals surface area (Å²) < 4.78 is 0. The van der Waals surface area contributed by atoms with Crippen LogP contribution in [0.3, 0.4) is 0 Å². The predicted octanol–water partition coefficient (Wildman–Crippen LogP) is 16.4. The Morgan fingerprint density at radius 1 is 0.435 bits per heavy atom. The molecular formula is C60H52N2. The summed E-state index contributed by atoms with van der Waals surface area (Å²) in [6.07, 6.45) is 15.4. The van der Waals surface area contributed by atoms with Crippen LogP contribution < -0.4 is 9.80 Å². The molecule has 0 spiro atoms. The highest BCUT2D eigenvalue weighted by Gasteiger charge is 2.26. The summed E-state index contributed by atoms with van der Waals surface area (Å²) in [5.41, 5.74) is 20.0. The Balaban J connectivity index is 1.13. The summed E-state index contributed by atoms with van der Waals surface area (Å²) >= 11 is 0. The van der Waals surface area contributed by atoms with Gasteiger partial charge >= 0.3 is 0 Å². The molecule has 0 heterocycles. The lowest BCUT2D eigenvalue weighted by atomic mass is 9.83. The van der Waals surface area contributed by atoms with Gasteiger partial charge in [0.25, 0.3) is 0 Å². The molecule has 0 amide bonds. The zero-order chi connectivity index (χ0) is 42.1. The minimum Gasteiger partial charge on any atom is -0.314 e. The molecule has 0 aromatic heterocycles. The van der Waals surface area contributed by atoms with Gasteiger partial charge in [-0.05, 0) is 150 Å². The fraction of sp³-hybridized carbons (Fsp3) is 0.100. The minimum atomic E-state index is 0.918. The molecule has 0 N–H and O–H groups in total. The number of nitrogens with zero attached hydrogens (tertiary/aromatic N) is 2. The van der Waals surface area contributed by atoms with Crippen molar-refractivity contribution >= 4 is 28.2 Å². The Labute approximate surface area is 368 Å². The first kappa shape index (κ1) is 40.0. The first-order valence-electron chi connectivity index (χ1n) is 21.9. The number of benzene rings is 7. The highest BCUT2D eigenvalue weighted by atomic mass is 15.2. The first-order valence-corrected chi connectivity index (χ1v) is 21.9. The average Bonchev–Trinajstić information content (AvgIpc) is 3.36. The molecule has 9 rings (SSSR count). The largest absolute Gasteiger partial charge is 0.314 e. The lowest BCUT2D eigenvalue weighted by Gasteiger charge is -2.34. The van der Waals surface area contributed by atoms with Crippen LogP contribution in [0.25, 0.3) is 33.4 Å². The van der Waals surface area contributed by atoms with Crippen molar-refractivity contribution in [1.82, 2.24) is 0 Å². The Morgan fingerprint density at radius 3 is 1.40 bits per heavy atom. The van der Waals surface area contributed by atoms with Crippen molar-refractivity contribution < 1.29 is 0 Å². The van der Waals surface area contributed by atoms with Gasteiger partial charge < -0.3 is 9.80 Å². The van der Waals surface area contributed by atoms with E-state index >= 15 is 0 Å². The lowest BCUT2D eigenvalue weighted by molar-refractivity contribution is 0.826. The number of hydrogen-bond acceptors (Lipinski definition) is 2. The fourth-order valence-corrected chi connectivity index (χ4v) is 8.91. The van der Waals surface area contributed by atoms with Crippen LogP contribution in [-0.4, -0.2) is 0 Å². The van der Waals surface area contributed by atoms with Crippen molar-refractivity contribution in [2.45, 2.75) is 39.5 Å². The van der Waals surface area contributed by atoms with Crippen molar-refractivity contribution in [2.24, 2.45) is 0 Å². The van der Waals surface area contributed by atoms with Gasteiger partial charge in [0.1, 0.15) is 0 Å². The maximum Gasteiger partial charge on any atom is 0.0490 e. The van der Waals surface area contributed by atoms with E-state index in [-0.39, 0.29) is 0 Å². The smallest absolute Gasteiger partial charge is 0.0490 e. The third-order valence-corrected chi connectivity index (χ3v) is 12.1. The summed E-state index contributed by atoms with van der Waals surface area (Å²) in [5.74, 6) is 0. The molecule has 0 saturated carbocycles. The molecule has 0 radical (unpaired) electrons. The summed E-state index contributed by atoms with van der Waals surface area (Å²) in [6.45, 7) is 4.35. The predicted molar refractivity (Wildman–Crippen MR) is 265 cm³/mol. The zero-order valence-corrected chi connectivity index (χ0v) is 35.7. The molecule has 302 valence electrons. The second kappa shape index (κ2) is 18.9. The minimum absolute atomic E-state index is 0.918. The summed E-state index contributed by atoms with van der Waals surface area (Å²) in [7, 11) is 0. The molecule has 0 atom stereocenters. The molecule has 7 aromatic rings. The van der Waals surface area contributed by atoms with Crippen LogP contribution in [0, 0.1) is 0 Å². The lowest BCUT2D eigenvalue weighted by Crippen LogP contribution is -2.23. The van der Waals surface area contributed by atoms with E-state index in [9.17, 15) is 0 Å². The monoisotopic (exact) mass is 800 g/mol. The van der Waals surface area contributed by atoms with Crippen LogP contribution >= 0.6 is 0 Å². The van der Waals surface area contributed by atoms with Gasteiger partial charge in [0.05, 0.1) is 0 Å². The topological polar surface area (TPSA) is 6.48 Å². The maximum atomic E-state index is 2.47. The van der Waals surface area contributed by atoms with Gasteiger partial charge in [-0.15, -0.1) is 0 Å². The molecule has 0 saturated heterocycles. The van der Waals surface area contributed by atoms with Gasteiger partial charge in [-0.3, -0.25) is 0 Å². The van der Waals surface area contributed by atoms with Gasteiger partial charge in [-0.1, -0.05) is 176 Å². The third kappa shape index (κ3) is 8.73. The van der Waals surface area contributed by atoms with Gasteiger partial charge in [0, 0.05) is 34.2 Å². The van der Waals surface area contributed by atoms with Crippen molar-refractivity contribution in [1.29, 1.82) is 0 Å². The Hall–Kier alpha value is -7.42. The normalized spacial score (nSPS) is 14.5. The zero-order valence-electron chi connectivity index (χ0n) is 35.7. The van der Waals surface area contributed by atoms with E-state index in [4.69, 9.17) is 0 Å². The third-order valence-electron chi connectivity index (χ3n) is 12.1. The highest BCUT2D eigenvalue weighted by Crippen LogP contribution is 2.44. The van der Waals surface area contributed by atoms with Gasteiger partial charge in [0.2, 0.25) is 0 Å². The molecule has 2 aliphatic rings. The van der Waals surface area contributed by atoms with E-state index < -0.39 is 0 Å². The Kier molecular flexibility index (Phi) is 12.2. The maximum absolute atomic E-state index is 2.47.